The fourth-order valence-corrected chi connectivity index (χ4v) is 19.0. The van der Waals surface area contributed by atoms with Crippen molar-refractivity contribution in [2.75, 3.05) is 46.2 Å². The number of rotatable bonds is 26. The highest BCUT2D eigenvalue weighted by atomic mass is 35.5. The fourth-order valence-electron chi connectivity index (χ4n) is 18.5. The maximum Gasteiger partial charge on any atom is 0.323 e. The molecular weight excluding hydrogens is 1800 g/mol. The molecule has 0 radical (unpaired) electrons. The lowest BCUT2D eigenvalue weighted by Crippen LogP contribution is -2.65. The van der Waals surface area contributed by atoms with Gasteiger partial charge in [0.05, 0.1) is 70.7 Å². The Labute approximate surface area is 787 Å². The van der Waals surface area contributed by atoms with Crippen molar-refractivity contribution in [3.05, 3.63) is 187 Å². The molecule has 11 bridgehead atoms. The van der Waals surface area contributed by atoms with E-state index in [0.717, 1.165) is 23.8 Å². The number of amides is 9. The Bertz CT molecular complexity index is 5290. The first-order valence-electron chi connectivity index (χ1n) is 44.8. The largest absolute Gasteiger partial charge is 0.513 e. The molecule has 15 rings (SSSR count). The van der Waals surface area contributed by atoms with Crippen molar-refractivity contribution >= 4 is 87.7 Å². The minimum Gasteiger partial charge on any atom is -0.513 e. The second-order valence-electron chi connectivity index (χ2n) is 36.3. The number of anilines is 1. The highest BCUT2D eigenvalue weighted by molar-refractivity contribution is 6.32. The van der Waals surface area contributed by atoms with Crippen molar-refractivity contribution in [1.82, 2.24) is 52.8 Å². The molecule has 4 aromatic carbocycles. The zero-order valence-corrected chi connectivity index (χ0v) is 76.9. The number of carbonyl (C=O) groups excluding carboxylic acids is 9. The number of primary amides is 1. The molecule has 40 nitrogen and oxygen atoms in total. The number of fused-ring (bicyclic) bond motifs is 12. The third-order valence-electron chi connectivity index (χ3n) is 25.7. The van der Waals surface area contributed by atoms with E-state index in [0.29, 0.717) is 24.1 Å². The first kappa shape index (κ1) is 101. The maximum atomic E-state index is 16.5. The molecule has 7 aliphatic heterocycles. The van der Waals surface area contributed by atoms with Gasteiger partial charge in [0.15, 0.2) is 23.9 Å². The number of hydrogen-bond acceptors (Lipinski definition) is 30. The molecule has 135 heavy (non-hydrogen) atoms. The van der Waals surface area contributed by atoms with Gasteiger partial charge in [0.25, 0.3) is 5.91 Å². The van der Waals surface area contributed by atoms with E-state index in [9.17, 15) is 75.3 Å². The number of aliphatic hydroxyl groups excluding tert-OH is 9. The van der Waals surface area contributed by atoms with Crippen molar-refractivity contribution in [1.29, 1.82) is 0 Å². The topological polar surface area (TPSA) is 593 Å². The van der Waals surface area contributed by atoms with Gasteiger partial charge in [-0.2, -0.15) is 0 Å². The van der Waals surface area contributed by atoms with Crippen LogP contribution in [0.15, 0.2) is 149 Å². The smallest absolute Gasteiger partial charge is 0.323 e. The van der Waals surface area contributed by atoms with Crippen molar-refractivity contribution in [3.63, 3.8) is 0 Å². The number of likely N-dealkylation sites (N-methyl/N-ethyl adjacent to an activating group) is 1. The second kappa shape index (κ2) is 44.0. The first-order chi connectivity index (χ1) is 64.2. The number of allylic oxidation sites excluding steroid dienone is 3. The summed E-state index contributed by atoms with van der Waals surface area (Å²) in [5, 5.41) is 147. The Balaban J connectivity index is 0.911. The lowest BCUT2D eigenvalue weighted by atomic mass is 9.67. The molecule has 9 amide bonds. The molecule has 730 valence electrons. The van der Waals surface area contributed by atoms with Gasteiger partial charge in [0.1, 0.15) is 84.7 Å². The number of aliphatic hydroxyl groups is 9. The van der Waals surface area contributed by atoms with Crippen LogP contribution in [0, 0.1) is 46.6 Å². The van der Waals surface area contributed by atoms with Gasteiger partial charge in [-0.05, 0) is 168 Å². The van der Waals surface area contributed by atoms with Crippen LogP contribution in [-0.4, -0.2) is 277 Å². The Hall–Kier alpha value is -11.0. The number of nitro benzene ring substituents is 1. The van der Waals surface area contributed by atoms with Gasteiger partial charge in [0, 0.05) is 60.8 Å². The van der Waals surface area contributed by atoms with Gasteiger partial charge in [-0.3, -0.25) is 53.3 Å². The van der Waals surface area contributed by atoms with E-state index >= 15 is 24.0 Å². The summed E-state index contributed by atoms with van der Waals surface area (Å²) in [6, 6.07) is 7.30. The number of aryl methyl sites for hydroxylation is 1. The summed E-state index contributed by atoms with van der Waals surface area (Å²) in [4.78, 5) is 150. The average Bonchev–Trinajstić information content (AvgIpc) is 0.766. The summed E-state index contributed by atoms with van der Waals surface area (Å²) >= 11 is 14.7. The fraction of sp³-hybridized carbons (Fsp3) is 0.516. The molecule has 0 aromatic heterocycles. The van der Waals surface area contributed by atoms with E-state index in [1.165, 1.54) is 62.6 Å². The molecule has 0 saturated carbocycles. The third-order valence-corrected chi connectivity index (χ3v) is 26.4. The van der Waals surface area contributed by atoms with Crippen molar-refractivity contribution in [2.24, 2.45) is 35.3 Å². The minimum absolute atomic E-state index is 0.0137. The number of halogens is 2. The molecule has 0 spiro atoms. The number of carbonyl (C=O) groups is 9. The van der Waals surface area contributed by atoms with Crippen LogP contribution in [0.1, 0.15) is 118 Å². The number of nitrogens with two attached hydrogens (primary N) is 1. The number of nitrogens with one attached hydrogen (secondary N) is 10. The first-order valence-corrected chi connectivity index (χ1v) is 45.6. The lowest BCUT2D eigenvalue weighted by Gasteiger charge is -2.48. The molecule has 4 aliphatic carbocycles. The summed E-state index contributed by atoms with van der Waals surface area (Å²) in [5.41, 5.74) is 5.02. The van der Waals surface area contributed by atoms with Crippen LogP contribution < -0.4 is 77.8 Å². The molecule has 4 aromatic rings. The number of nitro groups is 1. The van der Waals surface area contributed by atoms with E-state index in [1.54, 1.807) is 62.4 Å². The standard InChI is InChI=1S/C93H117Cl2N13O27/c1-42(2)28-58(97-6)85(120)105-73-76(114)48-20-24-62(56(94)31-48)131-64-33-50-34-65(81(64)135-92-82(79(117)78(116)66(40-109)133-92)134-68-38-93(5,83(118)44(4)130-68)99-39-46-16-12-17-51(29-46)100-84(119)53-22-18-43(3)80(75(53)108(127)128)129-41-45-14-10-9-11-15-45)132-63-25-21-49(32-57(63)95)77(115)74-91(126)104-72(87(122)98-26-13-27-107(7)8)55-35-52(110)36-61(112)69(55)54-30-47(19-23-60(54)111)70(88(123)106-74)103-89(124)71(50)102-86(121)59(37-67(96)113)101-90(73)125/h9-12,14-18,20,22,24-25,29-34,36,42,44,47,49,55-56,58-62,66,68-74,76-79,82-83,92,97,99,109-112,114-118H,13,19,21,23,26-28,35,37-41H2,1-8H3,(H2,96,113)(H,98,122)(H,100,119)(H,101,125)(H,102,121)(H,103,124)(H,104,126)(H,105,120)(H,106,123)/t44?,47-,49-,55?,56?,58?,59-,60+,61-,62+,66?,68+,69?,70+,71+,72+,73?,74-,76+,77?,78-,79?,82+,83-,92?,93?/m0/s1. The Morgan fingerprint density at radius 3 is 2.24 bits per heavy atom. The third kappa shape index (κ3) is 23.6. The van der Waals surface area contributed by atoms with Gasteiger partial charge >= 0.3 is 5.69 Å². The van der Waals surface area contributed by atoms with Crippen LogP contribution in [0.3, 0.4) is 0 Å². The lowest BCUT2D eigenvalue weighted by molar-refractivity contribution is -0.386. The van der Waals surface area contributed by atoms with Crippen LogP contribution >= 0.6 is 23.2 Å². The van der Waals surface area contributed by atoms with E-state index < -0.39 is 256 Å². The summed E-state index contributed by atoms with van der Waals surface area (Å²) in [6.07, 6.45) is -15.3. The number of alkyl halides is 1. The van der Waals surface area contributed by atoms with Gasteiger partial charge in [-0.15, -0.1) is 11.6 Å². The highest BCUT2D eigenvalue weighted by Crippen LogP contribution is 2.49. The summed E-state index contributed by atoms with van der Waals surface area (Å²) in [5.74, 6) is -17.9. The minimum atomic E-state index is -2.30. The molecule has 42 heteroatoms. The predicted octanol–water partition coefficient (Wildman–Crippen LogP) is 1.30. The van der Waals surface area contributed by atoms with Gasteiger partial charge < -0.3 is 143 Å². The second-order valence-corrected chi connectivity index (χ2v) is 37.2. The molecular formula is C93H117Cl2N13O27. The monoisotopic (exact) mass is 1920 g/mol. The molecule has 7 heterocycles. The average molecular weight is 1920 g/mol. The Morgan fingerprint density at radius 1 is 0.815 bits per heavy atom. The zero-order valence-electron chi connectivity index (χ0n) is 75.4. The molecule has 2 fully saturated rings. The van der Waals surface area contributed by atoms with Crippen molar-refractivity contribution < 1.29 is 127 Å². The molecule has 2 saturated heterocycles. The van der Waals surface area contributed by atoms with Crippen molar-refractivity contribution in [2.45, 2.75) is 232 Å². The zero-order chi connectivity index (χ0) is 97.5. The van der Waals surface area contributed by atoms with Crippen LogP contribution in [0.4, 0.5) is 11.4 Å². The predicted molar refractivity (Wildman–Crippen MR) is 485 cm³/mol. The Morgan fingerprint density at radius 2 is 1.54 bits per heavy atom. The number of ether oxygens (including phenoxy) is 7. The van der Waals surface area contributed by atoms with Crippen LogP contribution in [0.2, 0.25) is 0 Å². The number of hydrogen-bond donors (Lipinski definition) is 20. The maximum absolute atomic E-state index is 16.5. The summed E-state index contributed by atoms with van der Waals surface area (Å²) in [6.45, 7) is 7.95. The van der Waals surface area contributed by atoms with Crippen molar-refractivity contribution in [3.8, 4) is 23.0 Å². The normalized spacial score (nSPS) is 31.8. The van der Waals surface area contributed by atoms with Crippen LogP contribution in [-0.2, 0) is 65.7 Å². The molecule has 21 N–H and O–H groups in total. The quantitative estimate of drug-likeness (QED) is 0.0138. The molecule has 11 unspecified atom stereocenters. The van der Waals surface area contributed by atoms with Crippen LogP contribution in [0.25, 0.3) is 0 Å². The number of benzene rings is 4. The number of nitrogens with zero attached hydrogens (tertiary/aromatic N) is 2. The van der Waals surface area contributed by atoms with Gasteiger partial charge in [-0.1, -0.05) is 98.3 Å². The van der Waals surface area contributed by atoms with Gasteiger partial charge in [0.2, 0.25) is 65.0 Å². The van der Waals surface area contributed by atoms with Gasteiger partial charge in [-0.25, -0.2) is 0 Å². The molecule has 26 atom stereocenters. The summed E-state index contributed by atoms with van der Waals surface area (Å²) < 4.78 is 46.2. The molecule has 11 aliphatic rings. The summed E-state index contributed by atoms with van der Waals surface area (Å²) in [7, 11) is 5.13. The van der Waals surface area contributed by atoms with E-state index in [4.69, 9.17) is 62.1 Å². The van der Waals surface area contributed by atoms with E-state index in [-0.39, 0.29) is 109 Å². The Kier molecular flexibility index (Phi) is 33.0. The SMILES string of the molecule is CNC(CC(C)C)C(=O)NC1C(=O)N[C@@H](CC(N)=O)C(=O)N[C@H]2C(=O)N[C@H]3C(=O)N[C@H](C(=O)N[C@@H](C(=O)NCCCN(C)C)C4CC(O)=C[C@H](O)C4C4=C[C@@H]3CC[C@H]4O)C(O)[C@@H]3C=C(Cl)C(=CC3)Oc3cc2cc(c3OC2OC(CO)[C@H](O)C(O)[C@H]2O[C@@H]2CC(C)(NCc3cccc(NC(=O)c4ccc(C)c(OCc5ccccc5)c4[N+](=O)[O-])c3)[C@@H](O)C(C)O2)O[C@@H]2C=CC(=CC2Cl)[C@H]1O. The van der Waals surface area contributed by atoms with E-state index in [2.05, 4.69) is 53.2 Å². The van der Waals surface area contributed by atoms with Crippen LogP contribution in [0.5, 0.6) is 23.0 Å². The van der Waals surface area contributed by atoms with E-state index in [1.807, 2.05) is 38.9 Å². The highest BCUT2D eigenvalue weighted by Gasteiger charge is 2.54.